The normalized spacial score (nSPS) is 11.1. The first-order chi connectivity index (χ1) is 19.0. The average molecular weight is 598 g/mol. The van der Waals surface area contributed by atoms with E-state index in [0.29, 0.717) is 26.4 Å². The molecule has 11 heteroatoms. The van der Waals surface area contributed by atoms with Gasteiger partial charge in [0.2, 0.25) is 5.91 Å². The number of nitrogens with one attached hydrogen (secondary N) is 3. The third-order valence-corrected chi connectivity index (χ3v) is 7.30. The molecule has 0 fully saturated rings. The minimum absolute atomic E-state index is 0.185. The van der Waals surface area contributed by atoms with Gasteiger partial charge in [-0.1, -0.05) is 67.4 Å². The number of hydrogen-bond donors (Lipinski definition) is 4. The Morgan fingerprint density at radius 2 is 1.60 bits per heavy atom. The summed E-state index contributed by atoms with van der Waals surface area (Å²) in [6, 6.07) is 20.0. The van der Waals surface area contributed by atoms with Crippen LogP contribution in [0.4, 0.5) is 9.93 Å². The molecule has 3 aromatic carbocycles. The number of rotatable bonds is 9. The van der Waals surface area contributed by atoms with Crippen molar-refractivity contribution >= 4 is 57.6 Å². The van der Waals surface area contributed by atoms with E-state index in [0.717, 1.165) is 22.3 Å². The molecule has 0 aliphatic carbocycles. The topological polar surface area (TPSA) is 120 Å². The minimum Gasteiger partial charge on any atom is -0.465 e. The van der Waals surface area contributed by atoms with Crippen LogP contribution in [0.15, 0.2) is 72.1 Å². The second-order valence-electron chi connectivity index (χ2n) is 9.63. The summed E-state index contributed by atoms with van der Waals surface area (Å²) in [6.45, 7) is 3.69. The summed E-state index contributed by atoms with van der Waals surface area (Å²) in [4.78, 5) is 40.6. The van der Waals surface area contributed by atoms with Gasteiger partial charge in [0.15, 0.2) is 5.13 Å². The molecule has 3 amide bonds. The fourth-order valence-electron chi connectivity index (χ4n) is 3.95. The molecule has 4 aromatic rings. The van der Waals surface area contributed by atoms with Crippen LogP contribution < -0.4 is 16.0 Å². The molecule has 40 heavy (non-hydrogen) atoms. The van der Waals surface area contributed by atoms with Crippen molar-refractivity contribution in [3.63, 3.8) is 0 Å². The Morgan fingerprint density at radius 1 is 0.900 bits per heavy atom. The lowest BCUT2D eigenvalue weighted by atomic mass is 9.84. The highest BCUT2D eigenvalue weighted by Crippen LogP contribution is 2.31. The van der Waals surface area contributed by atoms with E-state index in [2.05, 4.69) is 20.9 Å². The summed E-state index contributed by atoms with van der Waals surface area (Å²) in [5, 5.41) is 19.9. The van der Waals surface area contributed by atoms with Gasteiger partial charge in [-0.15, -0.1) is 11.3 Å². The van der Waals surface area contributed by atoms with Crippen molar-refractivity contribution in [3.05, 3.63) is 93.3 Å². The lowest BCUT2D eigenvalue weighted by molar-refractivity contribution is -0.115. The molecule has 0 bridgehead atoms. The number of nitrogens with zero attached hydrogens (tertiary/aromatic N) is 1. The van der Waals surface area contributed by atoms with Crippen LogP contribution in [0, 0.1) is 0 Å². The third kappa shape index (κ3) is 7.59. The smallest absolute Gasteiger partial charge is 0.404 e. The summed E-state index contributed by atoms with van der Waals surface area (Å²) in [7, 11) is 0. The lowest BCUT2D eigenvalue weighted by Crippen LogP contribution is -2.36. The van der Waals surface area contributed by atoms with Crippen LogP contribution in [0.3, 0.4) is 0 Å². The van der Waals surface area contributed by atoms with E-state index in [1.54, 1.807) is 24.3 Å². The Morgan fingerprint density at radius 3 is 2.33 bits per heavy atom. The Labute approximate surface area is 245 Å². The molecule has 0 spiro atoms. The van der Waals surface area contributed by atoms with Gasteiger partial charge in [-0.3, -0.25) is 9.59 Å². The largest absolute Gasteiger partial charge is 0.465 e. The number of carboxylic acid groups (broad SMARTS) is 1. The van der Waals surface area contributed by atoms with Gasteiger partial charge in [0.1, 0.15) is 0 Å². The number of amides is 3. The fraction of sp³-hybridized carbons (Fsp3) is 0.172. The minimum atomic E-state index is -1.11. The number of aromatic nitrogens is 1. The summed E-state index contributed by atoms with van der Waals surface area (Å²) in [5.41, 5.74) is 3.98. The monoisotopic (exact) mass is 596 g/mol. The highest BCUT2D eigenvalue weighted by Gasteiger charge is 2.22. The summed E-state index contributed by atoms with van der Waals surface area (Å²) >= 11 is 13.6. The molecule has 1 aromatic heterocycles. The molecule has 8 nitrogen and oxygen atoms in total. The Hall–Kier alpha value is -3.92. The zero-order chi connectivity index (χ0) is 28.9. The van der Waals surface area contributed by atoms with E-state index in [9.17, 15) is 14.4 Å². The van der Waals surface area contributed by atoms with E-state index < -0.39 is 23.3 Å². The van der Waals surface area contributed by atoms with E-state index in [4.69, 9.17) is 28.3 Å². The van der Waals surface area contributed by atoms with Crippen molar-refractivity contribution in [1.82, 2.24) is 15.6 Å². The highest BCUT2D eigenvalue weighted by molar-refractivity contribution is 7.14. The second kappa shape index (κ2) is 12.5. The predicted octanol–water partition coefficient (Wildman–Crippen LogP) is 6.70. The summed E-state index contributed by atoms with van der Waals surface area (Å²) in [5.74, 6) is -0.838. The first kappa shape index (κ1) is 29.1. The van der Waals surface area contributed by atoms with E-state index >= 15 is 0 Å². The average Bonchev–Trinajstić information content (AvgIpc) is 3.38. The van der Waals surface area contributed by atoms with Gasteiger partial charge < -0.3 is 21.1 Å². The van der Waals surface area contributed by atoms with E-state index in [1.807, 2.05) is 61.7 Å². The Bertz CT molecular complexity index is 1550. The number of thiazole rings is 1. The molecule has 4 N–H and O–H groups in total. The number of carbonyl (C=O) groups excluding carboxylic acids is 2. The number of anilines is 1. The van der Waals surface area contributed by atoms with Crippen molar-refractivity contribution in [2.75, 3.05) is 18.4 Å². The maximum Gasteiger partial charge on any atom is 0.404 e. The van der Waals surface area contributed by atoms with Crippen molar-refractivity contribution in [3.8, 4) is 22.4 Å². The summed E-state index contributed by atoms with van der Waals surface area (Å²) < 4.78 is 0. The predicted molar refractivity (Wildman–Crippen MR) is 159 cm³/mol. The van der Waals surface area contributed by atoms with Crippen LogP contribution in [0.5, 0.6) is 0 Å². The molecule has 206 valence electrons. The highest BCUT2D eigenvalue weighted by atomic mass is 35.5. The van der Waals surface area contributed by atoms with Gasteiger partial charge in [0.25, 0.3) is 5.91 Å². The molecule has 0 saturated heterocycles. The van der Waals surface area contributed by atoms with Crippen LogP contribution in [-0.2, 0) is 10.2 Å². The third-order valence-electron chi connectivity index (χ3n) is 6.10. The maximum atomic E-state index is 12.7. The van der Waals surface area contributed by atoms with Crippen LogP contribution >= 0.6 is 34.5 Å². The van der Waals surface area contributed by atoms with E-state index in [1.165, 1.54) is 11.3 Å². The van der Waals surface area contributed by atoms with Gasteiger partial charge in [0, 0.05) is 38.5 Å². The Balaban J connectivity index is 1.36. The van der Waals surface area contributed by atoms with Gasteiger partial charge in [-0.25, -0.2) is 9.78 Å². The summed E-state index contributed by atoms with van der Waals surface area (Å²) in [6.07, 6.45) is -1.11. The molecule has 0 unspecified atom stereocenters. The van der Waals surface area contributed by atoms with Crippen LogP contribution in [-0.4, -0.2) is 41.1 Å². The number of halogens is 2. The molecule has 0 saturated carbocycles. The quantitative estimate of drug-likeness (QED) is 0.171. The standard InChI is InChI=1S/C29H26Cl2N4O4S/c1-29(2,16-33-28(38)39)21-8-4-7-19(10-21)26(37)32-14-25(36)35-27-34-24(15-40-27)18-6-3-5-17(9-18)20-11-22(30)13-23(31)12-20/h3-13,15,33H,14,16H2,1-2H3,(H,32,37)(H,38,39)(H,34,35,36). The second-order valence-corrected chi connectivity index (χ2v) is 11.4. The Kier molecular flexibility index (Phi) is 9.09. The van der Waals surface area contributed by atoms with Crippen LogP contribution in [0.2, 0.25) is 10.0 Å². The fourth-order valence-corrected chi connectivity index (χ4v) is 5.21. The molecule has 0 aliphatic rings. The molecule has 0 atom stereocenters. The van der Waals surface area contributed by atoms with Crippen LogP contribution in [0.1, 0.15) is 29.8 Å². The number of benzene rings is 3. The van der Waals surface area contributed by atoms with E-state index in [-0.39, 0.29) is 13.1 Å². The molecule has 4 rings (SSSR count). The molecule has 0 aliphatic heterocycles. The zero-order valence-electron chi connectivity index (χ0n) is 21.6. The van der Waals surface area contributed by atoms with Crippen LogP contribution in [0.25, 0.3) is 22.4 Å². The van der Waals surface area contributed by atoms with Gasteiger partial charge in [0.05, 0.1) is 12.2 Å². The molecule has 0 radical (unpaired) electrons. The van der Waals surface area contributed by atoms with Gasteiger partial charge in [-0.05, 0) is 53.1 Å². The maximum absolute atomic E-state index is 12.7. The zero-order valence-corrected chi connectivity index (χ0v) is 24.0. The molecular weight excluding hydrogens is 571 g/mol. The van der Waals surface area contributed by atoms with Crippen molar-refractivity contribution < 1.29 is 19.5 Å². The lowest BCUT2D eigenvalue weighted by Gasteiger charge is -2.25. The molecular formula is C29H26Cl2N4O4S. The number of hydrogen-bond acceptors (Lipinski definition) is 5. The number of carbonyl (C=O) groups is 3. The SMILES string of the molecule is CC(C)(CNC(=O)O)c1cccc(C(=O)NCC(=O)Nc2nc(-c3cccc(-c4cc(Cl)cc(Cl)c4)c3)cs2)c1. The van der Waals surface area contributed by atoms with Gasteiger partial charge in [-0.2, -0.15) is 0 Å². The van der Waals surface area contributed by atoms with Crippen molar-refractivity contribution in [2.24, 2.45) is 0 Å². The first-order valence-electron chi connectivity index (χ1n) is 12.2. The molecule has 1 heterocycles. The van der Waals surface area contributed by atoms with Crippen molar-refractivity contribution in [1.29, 1.82) is 0 Å². The van der Waals surface area contributed by atoms with Gasteiger partial charge >= 0.3 is 6.09 Å². The first-order valence-corrected chi connectivity index (χ1v) is 13.8. The van der Waals surface area contributed by atoms with Crippen molar-refractivity contribution in [2.45, 2.75) is 19.3 Å².